The normalized spacial score (nSPS) is 11.7. The van der Waals surface area contributed by atoms with Crippen LogP contribution in [0.25, 0.3) is 0 Å². The molecule has 0 saturated carbocycles. The van der Waals surface area contributed by atoms with Gasteiger partial charge in [0.2, 0.25) is 0 Å². The fraction of sp³-hybridized carbons (Fsp3) is 0.400. The summed E-state index contributed by atoms with van der Waals surface area (Å²) < 4.78 is 13.2. The summed E-state index contributed by atoms with van der Waals surface area (Å²) in [5, 5.41) is -1.43. The van der Waals surface area contributed by atoms with Gasteiger partial charge < -0.3 is 14.2 Å². The summed E-state index contributed by atoms with van der Waals surface area (Å²) in [6.07, 6.45) is 1.63. The molecule has 0 radical (unpaired) electrons. The molecule has 0 fully saturated rings. The molecule has 0 aromatic heterocycles. The average molecular weight is 323 g/mol. The van der Waals surface area contributed by atoms with Gasteiger partial charge in [-0.2, -0.15) is 0 Å². The summed E-state index contributed by atoms with van der Waals surface area (Å²) in [4.78, 5) is 43.5. The lowest BCUT2D eigenvalue weighted by Crippen LogP contribution is -2.24. The van der Waals surface area contributed by atoms with Crippen molar-refractivity contribution in [1.82, 2.24) is 0 Å². The molecule has 18 heavy (non-hydrogen) atoms. The molecule has 0 aromatic rings. The second-order valence-electron chi connectivity index (χ2n) is 2.75. The minimum absolute atomic E-state index is 0.171. The minimum atomic E-state index is -1.43. The van der Waals surface area contributed by atoms with Crippen LogP contribution < -0.4 is 0 Å². The SMILES string of the molecule is CCOC(=O)/C=C\C(=O)OC(Br)C(=O)OC(C)=O. The monoisotopic (exact) mass is 322 g/mol. The van der Waals surface area contributed by atoms with E-state index in [1.54, 1.807) is 6.92 Å². The van der Waals surface area contributed by atoms with Gasteiger partial charge in [0.05, 0.1) is 6.61 Å². The summed E-state index contributed by atoms with van der Waals surface area (Å²) in [5.74, 6) is -3.58. The zero-order chi connectivity index (χ0) is 14.1. The van der Waals surface area contributed by atoms with Crippen LogP contribution in [0.1, 0.15) is 13.8 Å². The molecule has 0 aromatic carbocycles. The lowest BCUT2D eigenvalue weighted by molar-refractivity contribution is -0.166. The summed E-state index contributed by atoms with van der Waals surface area (Å²) in [7, 11) is 0. The van der Waals surface area contributed by atoms with Crippen LogP contribution in [0.3, 0.4) is 0 Å². The van der Waals surface area contributed by atoms with Gasteiger partial charge in [-0.05, 0) is 22.9 Å². The van der Waals surface area contributed by atoms with Gasteiger partial charge in [0, 0.05) is 19.1 Å². The van der Waals surface area contributed by atoms with Crippen molar-refractivity contribution in [2.24, 2.45) is 0 Å². The highest BCUT2D eigenvalue weighted by Gasteiger charge is 2.21. The molecule has 0 heterocycles. The molecule has 0 N–H and O–H groups in total. The standard InChI is InChI=1S/C10H11BrO7/c1-3-16-7(13)4-5-8(14)18-9(11)10(15)17-6(2)12/h4-5,9H,3H2,1-2H3/b5-4-. The van der Waals surface area contributed by atoms with Crippen molar-refractivity contribution in [3.05, 3.63) is 12.2 Å². The smallest absolute Gasteiger partial charge is 0.366 e. The van der Waals surface area contributed by atoms with Crippen molar-refractivity contribution in [2.75, 3.05) is 6.61 Å². The lowest BCUT2D eigenvalue weighted by Gasteiger charge is -2.07. The first-order chi connectivity index (χ1) is 8.36. The molecule has 0 aliphatic carbocycles. The van der Waals surface area contributed by atoms with Crippen LogP contribution in [0.15, 0.2) is 12.2 Å². The van der Waals surface area contributed by atoms with Gasteiger partial charge in [-0.25, -0.2) is 14.4 Å². The van der Waals surface area contributed by atoms with E-state index in [0.717, 1.165) is 19.1 Å². The highest BCUT2D eigenvalue weighted by Crippen LogP contribution is 2.05. The van der Waals surface area contributed by atoms with Crippen molar-refractivity contribution in [2.45, 2.75) is 18.9 Å². The van der Waals surface area contributed by atoms with Gasteiger partial charge in [-0.1, -0.05) is 0 Å². The van der Waals surface area contributed by atoms with E-state index >= 15 is 0 Å². The summed E-state index contributed by atoms with van der Waals surface area (Å²) in [6, 6.07) is 0. The zero-order valence-corrected chi connectivity index (χ0v) is 11.3. The minimum Gasteiger partial charge on any atom is -0.463 e. The molecule has 0 aliphatic heterocycles. The first-order valence-electron chi connectivity index (χ1n) is 4.78. The first-order valence-corrected chi connectivity index (χ1v) is 5.70. The Labute approximate surface area is 111 Å². The number of rotatable bonds is 5. The van der Waals surface area contributed by atoms with E-state index in [4.69, 9.17) is 0 Å². The molecule has 7 nitrogen and oxygen atoms in total. The van der Waals surface area contributed by atoms with Gasteiger partial charge in [-0.15, -0.1) is 0 Å². The van der Waals surface area contributed by atoms with Crippen molar-refractivity contribution >= 4 is 39.8 Å². The Bertz CT molecular complexity index is 374. The van der Waals surface area contributed by atoms with Gasteiger partial charge in [0.1, 0.15) is 0 Å². The van der Waals surface area contributed by atoms with Crippen LogP contribution in [0, 0.1) is 0 Å². The van der Waals surface area contributed by atoms with Crippen molar-refractivity contribution in [3.63, 3.8) is 0 Å². The number of carbonyl (C=O) groups is 4. The molecule has 0 amide bonds. The van der Waals surface area contributed by atoms with Crippen LogP contribution >= 0.6 is 15.9 Å². The highest BCUT2D eigenvalue weighted by molar-refractivity contribution is 9.09. The summed E-state index contributed by atoms with van der Waals surface area (Å²) in [5.41, 5.74) is 0. The first kappa shape index (κ1) is 16.3. The lowest BCUT2D eigenvalue weighted by atomic mass is 10.5. The third-order valence-electron chi connectivity index (χ3n) is 1.29. The molecule has 1 unspecified atom stereocenters. The Kier molecular flexibility index (Phi) is 7.61. The summed E-state index contributed by atoms with van der Waals surface area (Å²) >= 11 is 2.69. The maximum absolute atomic E-state index is 11.1. The number of esters is 4. The predicted octanol–water partition coefficient (Wildman–Crippen LogP) is 0.460. The second kappa shape index (κ2) is 8.40. The van der Waals surface area contributed by atoms with E-state index in [1.165, 1.54) is 0 Å². The Hall–Kier alpha value is -1.70. The maximum atomic E-state index is 11.1. The third kappa shape index (κ3) is 7.55. The molecule has 0 rings (SSSR count). The number of hydrogen-bond donors (Lipinski definition) is 0. The Morgan fingerprint density at radius 1 is 1.17 bits per heavy atom. The van der Waals surface area contributed by atoms with E-state index < -0.39 is 28.9 Å². The van der Waals surface area contributed by atoms with E-state index in [-0.39, 0.29) is 6.61 Å². The Balaban J connectivity index is 4.19. The van der Waals surface area contributed by atoms with Crippen molar-refractivity contribution < 1.29 is 33.4 Å². The molecule has 1 atom stereocenters. The van der Waals surface area contributed by atoms with Crippen LogP contribution in [-0.2, 0) is 33.4 Å². The zero-order valence-electron chi connectivity index (χ0n) is 9.67. The quantitative estimate of drug-likeness (QED) is 0.238. The third-order valence-corrected chi connectivity index (χ3v) is 1.85. The van der Waals surface area contributed by atoms with Gasteiger partial charge >= 0.3 is 23.9 Å². The highest BCUT2D eigenvalue weighted by atomic mass is 79.9. The van der Waals surface area contributed by atoms with Crippen molar-refractivity contribution in [1.29, 1.82) is 0 Å². The molecule has 0 spiro atoms. The van der Waals surface area contributed by atoms with Crippen LogP contribution in [-0.4, -0.2) is 35.5 Å². The predicted molar refractivity (Wildman–Crippen MR) is 61.4 cm³/mol. The molecule has 0 aliphatic rings. The van der Waals surface area contributed by atoms with Gasteiger partial charge in [0.15, 0.2) is 0 Å². The topological polar surface area (TPSA) is 96.0 Å². The molecule has 100 valence electrons. The average Bonchev–Trinajstić information content (AvgIpc) is 2.25. The molecular formula is C10H11BrO7. The van der Waals surface area contributed by atoms with E-state index in [0.29, 0.717) is 0 Å². The van der Waals surface area contributed by atoms with E-state index in [1.807, 2.05) is 0 Å². The number of alkyl halides is 1. The van der Waals surface area contributed by atoms with Gasteiger partial charge in [0.25, 0.3) is 5.01 Å². The summed E-state index contributed by atoms with van der Waals surface area (Å²) in [6.45, 7) is 2.81. The largest absolute Gasteiger partial charge is 0.463 e. The Morgan fingerprint density at radius 3 is 2.22 bits per heavy atom. The molecule has 0 saturated heterocycles. The van der Waals surface area contributed by atoms with Gasteiger partial charge in [-0.3, -0.25) is 4.79 Å². The van der Waals surface area contributed by atoms with Crippen LogP contribution in [0.4, 0.5) is 0 Å². The van der Waals surface area contributed by atoms with Crippen LogP contribution in [0.5, 0.6) is 0 Å². The maximum Gasteiger partial charge on any atom is 0.366 e. The Morgan fingerprint density at radius 2 is 1.72 bits per heavy atom. The van der Waals surface area contributed by atoms with Crippen LogP contribution in [0.2, 0.25) is 0 Å². The van der Waals surface area contributed by atoms with E-state index in [9.17, 15) is 19.2 Å². The molecule has 8 heteroatoms. The second-order valence-corrected chi connectivity index (χ2v) is 3.58. The fourth-order valence-electron chi connectivity index (χ4n) is 0.704. The van der Waals surface area contributed by atoms with E-state index in [2.05, 4.69) is 30.1 Å². The number of carbonyl (C=O) groups excluding carboxylic acids is 4. The van der Waals surface area contributed by atoms with Crippen molar-refractivity contribution in [3.8, 4) is 0 Å². The number of hydrogen-bond acceptors (Lipinski definition) is 7. The molecule has 0 bridgehead atoms. The number of ether oxygens (including phenoxy) is 3. The molecular weight excluding hydrogens is 312 g/mol. The number of halogens is 1. The fourth-order valence-corrected chi connectivity index (χ4v) is 0.981.